The van der Waals surface area contributed by atoms with E-state index >= 15 is 0 Å². The zero-order valence-corrected chi connectivity index (χ0v) is 19.5. The Kier molecular flexibility index (Phi) is 7.17. The van der Waals surface area contributed by atoms with Crippen molar-refractivity contribution in [3.63, 3.8) is 0 Å². The van der Waals surface area contributed by atoms with Crippen molar-refractivity contribution in [3.05, 3.63) is 59.4 Å². The van der Waals surface area contributed by atoms with Gasteiger partial charge in [-0.05, 0) is 41.5 Å². The first-order valence-corrected chi connectivity index (χ1v) is 11.8. The number of nitrogens with zero attached hydrogens (tertiary/aromatic N) is 3. The zero-order chi connectivity index (χ0) is 21.8. The molecular formula is C26H39N3O2. The van der Waals surface area contributed by atoms with Gasteiger partial charge >= 0.3 is 0 Å². The Balaban J connectivity index is 1.36. The molecule has 1 aromatic heterocycles. The highest BCUT2D eigenvalue weighted by Gasteiger charge is 2.31. The molecule has 4 rings (SSSR count). The molecule has 0 spiro atoms. The first-order chi connectivity index (χ1) is 14.9. The van der Waals surface area contributed by atoms with E-state index in [-0.39, 0.29) is 11.5 Å². The fraction of sp³-hybridized carbons (Fsp3) is 0.615. The van der Waals surface area contributed by atoms with E-state index in [1.165, 1.54) is 29.7 Å². The van der Waals surface area contributed by atoms with Gasteiger partial charge in [-0.15, -0.1) is 0 Å². The van der Waals surface area contributed by atoms with Gasteiger partial charge in [0.05, 0.1) is 19.3 Å². The van der Waals surface area contributed by atoms with Gasteiger partial charge in [0.25, 0.3) is 0 Å². The number of aromatic nitrogens is 1. The summed E-state index contributed by atoms with van der Waals surface area (Å²) in [6.45, 7) is 13.5. The number of morpholine rings is 1. The van der Waals surface area contributed by atoms with Gasteiger partial charge in [0, 0.05) is 57.2 Å². The van der Waals surface area contributed by atoms with Crippen molar-refractivity contribution in [1.82, 2.24) is 14.4 Å². The van der Waals surface area contributed by atoms with Crippen molar-refractivity contribution < 1.29 is 9.84 Å². The fourth-order valence-electron chi connectivity index (χ4n) is 4.45. The van der Waals surface area contributed by atoms with Crippen LogP contribution in [0.25, 0.3) is 0 Å². The SMILES string of the molecule is CC(C)(C)c1ccc(Cn2cccc2CN(CC(O)CN2CCOCC2)C2CC2)cc1. The molecule has 1 saturated carbocycles. The Morgan fingerprint density at radius 2 is 1.81 bits per heavy atom. The summed E-state index contributed by atoms with van der Waals surface area (Å²) in [5.74, 6) is 0. The third kappa shape index (κ3) is 6.42. The number of aliphatic hydroxyl groups is 1. The number of rotatable bonds is 9. The van der Waals surface area contributed by atoms with Crippen molar-refractivity contribution in [2.24, 2.45) is 0 Å². The molecule has 0 bridgehead atoms. The van der Waals surface area contributed by atoms with Crippen LogP contribution >= 0.6 is 0 Å². The number of ether oxygens (including phenoxy) is 1. The van der Waals surface area contributed by atoms with Crippen LogP contribution in [0.5, 0.6) is 0 Å². The van der Waals surface area contributed by atoms with Crippen molar-refractivity contribution in [2.45, 2.75) is 64.3 Å². The third-order valence-corrected chi connectivity index (χ3v) is 6.54. The molecule has 5 heteroatoms. The van der Waals surface area contributed by atoms with Crippen LogP contribution in [0.2, 0.25) is 0 Å². The van der Waals surface area contributed by atoms with Gasteiger partial charge in [0.15, 0.2) is 0 Å². The normalized spacial score (nSPS) is 19.1. The smallest absolute Gasteiger partial charge is 0.0794 e. The lowest BCUT2D eigenvalue weighted by molar-refractivity contribution is 0.00534. The summed E-state index contributed by atoms with van der Waals surface area (Å²) < 4.78 is 7.79. The monoisotopic (exact) mass is 425 g/mol. The second-order valence-electron chi connectivity index (χ2n) is 10.3. The van der Waals surface area contributed by atoms with E-state index in [9.17, 15) is 5.11 Å². The summed E-state index contributed by atoms with van der Waals surface area (Å²) in [4.78, 5) is 4.81. The van der Waals surface area contributed by atoms with E-state index in [4.69, 9.17) is 4.74 Å². The molecule has 2 aliphatic rings. The third-order valence-electron chi connectivity index (χ3n) is 6.54. The van der Waals surface area contributed by atoms with Crippen LogP contribution in [-0.2, 0) is 23.2 Å². The van der Waals surface area contributed by atoms with Crippen LogP contribution in [0.1, 0.15) is 50.4 Å². The van der Waals surface area contributed by atoms with E-state index in [0.29, 0.717) is 6.04 Å². The molecule has 170 valence electrons. The van der Waals surface area contributed by atoms with Gasteiger partial charge < -0.3 is 14.4 Å². The van der Waals surface area contributed by atoms with Gasteiger partial charge in [-0.3, -0.25) is 9.80 Å². The number of benzene rings is 1. The average molecular weight is 426 g/mol. The summed E-state index contributed by atoms with van der Waals surface area (Å²) in [6.07, 6.45) is 4.37. The maximum absolute atomic E-state index is 10.7. The lowest BCUT2D eigenvalue weighted by Crippen LogP contribution is -2.45. The second-order valence-corrected chi connectivity index (χ2v) is 10.3. The van der Waals surface area contributed by atoms with E-state index < -0.39 is 0 Å². The molecule has 0 amide bonds. The molecular weight excluding hydrogens is 386 g/mol. The molecule has 31 heavy (non-hydrogen) atoms. The van der Waals surface area contributed by atoms with Crippen LogP contribution in [-0.4, -0.2) is 71.0 Å². The predicted molar refractivity (Wildman–Crippen MR) is 125 cm³/mol. The first kappa shape index (κ1) is 22.5. The van der Waals surface area contributed by atoms with Crippen LogP contribution in [0.4, 0.5) is 0 Å². The molecule has 2 fully saturated rings. The molecule has 2 heterocycles. The Morgan fingerprint density at radius 3 is 2.45 bits per heavy atom. The first-order valence-electron chi connectivity index (χ1n) is 11.8. The van der Waals surface area contributed by atoms with Gasteiger partial charge in [0.2, 0.25) is 0 Å². The molecule has 1 aliphatic carbocycles. The number of β-amino-alcohol motifs (C(OH)–C–C–N with tert-alkyl or cyclic N) is 1. The predicted octanol–water partition coefficient (Wildman–Crippen LogP) is 3.49. The number of aliphatic hydroxyl groups excluding tert-OH is 1. The minimum absolute atomic E-state index is 0.184. The average Bonchev–Trinajstić information content (AvgIpc) is 3.50. The molecule has 1 saturated heterocycles. The molecule has 5 nitrogen and oxygen atoms in total. The molecule has 1 unspecified atom stereocenters. The Hall–Kier alpha value is -1.66. The molecule has 2 aromatic rings. The highest BCUT2D eigenvalue weighted by Crippen LogP contribution is 2.29. The van der Waals surface area contributed by atoms with E-state index in [1.54, 1.807) is 0 Å². The highest BCUT2D eigenvalue weighted by molar-refractivity contribution is 5.28. The van der Waals surface area contributed by atoms with Gasteiger partial charge in [-0.1, -0.05) is 45.0 Å². The molecule has 1 N–H and O–H groups in total. The Bertz CT molecular complexity index is 814. The van der Waals surface area contributed by atoms with Crippen molar-refractivity contribution >= 4 is 0 Å². The van der Waals surface area contributed by atoms with E-state index in [1.807, 2.05) is 0 Å². The minimum atomic E-state index is -0.313. The Morgan fingerprint density at radius 1 is 1.10 bits per heavy atom. The Labute approximate surface area is 187 Å². The maximum atomic E-state index is 10.7. The summed E-state index contributed by atoms with van der Waals surface area (Å²) in [5, 5.41) is 10.7. The number of hydrogen-bond donors (Lipinski definition) is 1. The van der Waals surface area contributed by atoms with Crippen LogP contribution in [0, 0.1) is 0 Å². The van der Waals surface area contributed by atoms with Gasteiger partial charge in [-0.2, -0.15) is 0 Å². The van der Waals surface area contributed by atoms with E-state index in [0.717, 1.165) is 52.5 Å². The summed E-state index contributed by atoms with van der Waals surface area (Å²) in [6, 6.07) is 14.0. The van der Waals surface area contributed by atoms with Gasteiger partial charge in [0.1, 0.15) is 0 Å². The fourth-order valence-corrected chi connectivity index (χ4v) is 4.45. The second kappa shape index (κ2) is 9.86. The van der Waals surface area contributed by atoms with Crippen molar-refractivity contribution in [2.75, 3.05) is 39.4 Å². The maximum Gasteiger partial charge on any atom is 0.0794 e. The topological polar surface area (TPSA) is 40.9 Å². The van der Waals surface area contributed by atoms with Crippen LogP contribution < -0.4 is 0 Å². The standard InChI is InChI=1S/C26H39N3O2/c1-26(2,3)22-8-6-21(7-9-22)17-28-12-4-5-24(28)18-29(23-10-11-23)20-25(30)19-27-13-15-31-16-14-27/h4-9,12,23,25,30H,10-11,13-20H2,1-3H3. The van der Waals surface area contributed by atoms with Crippen molar-refractivity contribution in [1.29, 1.82) is 0 Å². The molecule has 1 aromatic carbocycles. The largest absolute Gasteiger partial charge is 0.390 e. The summed E-state index contributed by atoms with van der Waals surface area (Å²) >= 11 is 0. The summed E-state index contributed by atoms with van der Waals surface area (Å²) in [5.41, 5.74) is 4.21. The number of hydrogen-bond acceptors (Lipinski definition) is 4. The molecule has 1 atom stereocenters. The minimum Gasteiger partial charge on any atom is -0.390 e. The molecule has 0 radical (unpaired) electrons. The van der Waals surface area contributed by atoms with Gasteiger partial charge in [-0.25, -0.2) is 0 Å². The van der Waals surface area contributed by atoms with Crippen LogP contribution in [0.3, 0.4) is 0 Å². The zero-order valence-electron chi connectivity index (χ0n) is 19.5. The quantitative estimate of drug-likeness (QED) is 0.668. The van der Waals surface area contributed by atoms with E-state index in [2.05, 4.69) is 77.7 Å². The lowest BCUT2D eigenvalue weighted by atomic mass is 9.87. The van der Waals surface area contributed by atoms with Crippen LogP contribution in [0.15, 0.2) is 42.6 Å². The van der Waals surface area contributed by atoms with Crippen molar-refractivity contribution in [3.8, 4) is 0 Å². The molecule has 1 aliphatic heterocycles. The summed E-state index contributed by atoms with van der Waals surface area (Å²) in [7, 11) is 0. The highest BCUT2D eigenvalue weighted by atomic mass is 16.5. The lowest BCUT2D eigenvalue weighted by Gasteiger charge is -2.31.